The van der Waals surface area contributed by atoms with Crippen molar-refractivity contribution in [2.75, 3.05) is 7.05 Å². The van der Waals surface area contributed by atoms with E-state index >= 15 is 0 Å². The molecule has 0 aliphatic carbocycles. The van der Waals surface area contributed by atoms with Crippen molar-refractivity contribution in [3.63, 3.8) is 0 Å². The van der Waals surface area contributed by atoms with Crippen LogP contribution in [-0.2, 0) is 0 Å². The van der Waals surface area contributed by atoms with Crippen LogP contribution in [0.25, 0.3) is 0 Å². The molecule has 0 radical (unpaired) electrons. The Morgan fingerprint density at radius 3 is 1.31 bits per heavy atom. The molecule has 0 rings (SSSR count). The van der Waals surface area contributed by atoms with Crippen LogP contribution in [0.4, 0.5) is 0 Å². The molecule has 0 aromatic rings. The summed E-state index contributed by atoms with van der Waals surface area (Å²) in [7, 11) is 2.01. The molecule has 0 aliphatic rings. The minimum atomic E-state index is 0.704. The topological polar surface area (TPSA) is 12.0 Å². The molecule has 0 aromatic heterocycles. The molecule has 0 heterocycles. The molecule has 0 fully saturated rings. The minimum Gasteiger partial charge on any atom is -0.317 e. The van der Waals surface area contributed by atoms with Gasteiger partial charge in [-0.25, -0.2) is 0 Å². The Kier molecular flexibility index (Phi) is 112. The van der Waals surface area contributed by atoms with Gasteiger partial charge in [0.2, 0.25) is 0 Å². The maximum atomic E-state index is 3.20. The van der Waals surface area contributed by atoms with E-state index in [1.165, 1.54) is 19.3 Å². The number of rotatable bonds is 4. The monoisotopic (exact) mass is 235 g/mol. The first kappa shape index (κ1) is 29.7. The third kappa shape index (κ3) is 66.0. The van der Waals surface area contributed by atoms with Crippen LogP contribution in [0, 0.1) is 0 Å². The van der Waals surface area contributed by atoms with Crippen molar-refractivity contribution in [3.8, 4) is 0 Å². The Balaban J connectivity index is -0.0000000426. The van der Waals surface area contributed by atoms with Gasteiger partial charge in [-0.2, -0.15) is 0 Å². The number of hydrogen-bond donors (Lipinski definition) is 1. The van der Waals surface area contributed by atoms with Crippen molar-refractivity contribution in [2.24, 2.45) is 0 Å². The molecule has 0 aromatic carbocycles. The summed E-state index contributed by atoms with van der Waals surface area (Å²) in [6.45, 7) is 20.4. The van der Waals surface area contributed by atoms with Gasteiger partial charge in [0.25, 0.3) is 0 Å². The van der Waals surface area contributed by atoms with E-state index < -0.39 is 0 Å². The van der Waals surface area contributed by atoms with E-state index in [0.717, 1.165) is 0 Å². The van der Waals surface area contributed by atoms with E-state index in [9.17, 15) is 0 Å². The molecule has 0 saturated heterocycles. The zero-order valence-electron chi connectivity index (χ0n) is 14.2. The summed E-state index contributed by atoms with van der Waals surface area (Å²) >= 11 is 0. The van der Waals surface area contributed by atoms with Gasteiger partial charge >= 0.3 is 0 Å². The molecule has 1 unspecified atom stereocenters. The fourth-order valence-electron chi connectivity index (χ4n) is 0.655. The van der Waals surface area contributed by atoms with Crippen LogP contribution in [0.2, 0.25) is 0 Å². The summed E-state index contributed by atoms with van der Waals surface area (Å²) in [6.07, 6.45) is 3.97. The predicted molar refractivity (Wildman–Crippen MR) is 83.4 cm³/mol. The fourth-order valence-corrected chi connectivity index (χ4v) is 0.655. The Bertz CT molecular complexity index is 44.7. The molecule has 0 spiro atoms. The minimum absolute atomic E-state index is 0.704. The van der Waals surface area contributed by atoms with Gasteiger partial charge in [-0.05, 0) is 20.4 Å². The van der Waals surface area contributed by atoms with Crippen LogP contribution in [-0.4, -0.2) is 13.1 Å². The van der Waals surface area contributed by atoms with Crippen molar-refractivity contribution in [2.45, 2.75) is 94.5 Å². The van der Waals surface area contributed by atoms with Crippen molar-refractivity contribution in [3.05, 3.63) is 0 Å². The quantitative estimate of drug-likeness (QED) is 0.640. The van der Waals surface area contributed by atoms with E-state index in [1.807, 2.05) is 62.4 Å². The zero-order chi connectivity index (χ0) is 14.4. The maximum absolute atomic E-state index is 3.20. The van der Waals surface area contributed by atoms with Crippen molar-refractivity contribution in [1.82, 2.24) is 5.32 Å². The molecule has 0 saturated carbocycles. The summed E-state index contributed by atoms with van der Waals surface area (Å²) in [5.41, 5.74) is 0. The average molecular weight is 235 g/mol. The highest BCUT2D eigenvalue weighted by Crippen LogP contribution is 1.97. The predicted octanol–water partition coefficient (Wildman–Crippen LogP) is 5.89. The van der Waals surface area contributed by atoms with Gasteiger partial charge in [-0.3, -0.25) is 0 Å². The molecule has 106 valence electrons. The molecule has 1 atom stereocenters. The number of hydrogen-bond acceptors (Lipinski definition) is 1. The van der Waals surface area contributed by atoms with Crippen LogP contribution in [0.3, 0.4) is 0 Å². The van der Waals surface area contributed by atoms with E-state index in [0.29, 0.717) is 6.04 Å². The van der Waals surface area contributed by atoms with Crippen molar-refractivity contribution >= 4 is 0 Å². The Hall–Kier alpha value is -0.0400. The van der Waals surface area contributed by atoms with Crippen molar-refractivity contribution in [1.29, 1.82) is 0 Å². The fraction of sp³-hybridized carbons (Fsp3) is 1.00. The molecular weight excluding hydrogens is 194 g/mol. The van der Waals surface area contributed by atoms with Crippen molar-refractivity contribution < 1.29 is 0 Å². The second-order valence-corrected chi connectivity index (χ2v) is 2.33. The molecular formula is C15H41N. The summed E-state index contributed by atoms with van der Waals surface area (Å²) in [4.78, 5) is 0. The largest absolute Gasteiger partial charge is 0.317 e. The van der Waals surface area contributed by atoms with Gasteiger partial charge in [0.05, 0.1) is 0 Å². The van der Waals surface area contributed by atoms with Crippen LogP contribution in [0.5, 0.6) is 0 Å². The molecule has 0 bridgehead atoms. The number of unbranched alkanes of at least 4 members (excludes halogenated alkanes) is 1. The van der Waals surface area contributed by atoms with E-state index in [1.54, 1.807) is 0 Å². The average Bonchev–Trinajstić information content (AvgIpc) is 2.45. The van der Waals surface area contributed by atoms with Crippen LogP contribution >= 0.6 is 0 Å². The second kappa shape index (κ2) is 60.2. The van der Waals surface area contributed by atoms with Gasteiger partial charge in [-0.1, -0.05) is 75.2 Å². The highest BCUT2D eigenvalue weighted by atomic mass is 14.8. The van der Waals surface area contributed by atoms with E-state index in [2.05, 4.69) is 19.2 Å². The second-order valence-electron chi connectivity index (χ2n) is 2.33. The zero-order valence-corrected chi connectivity index (χ0v) is 14.2. The first-order valence-corrected chi connectivity index (χ1v) is 7.48. The van der Waals surface area contributed by atoms with Crippen LogP contribution in [0.15, 0.2) is 0 Å². The molecule has 16 heavy (non-hydrogen) atoms. The standard InChI is InChI=1S/C7H17N.4C2H6/c1-4-5-6-7(2)8-3;4*1-2/h7-8H,4-6H2,1-3H3;4*1-2H3. The number of nitrogens with one attached hydrogen (secondary N) is 1. The summed E-state index contributed by atoms with van der Waals surface area (Å²) in [5, 5.41) is 3.20. The van der Waals surface area contributed by atoms with Gasteiger partial charge in [0.1, 0.15) is 0 Å². The van der Waals surface area contributed by atoms with Gasteiger partial charge in [0, 0.05) is 6.04 Å². The Labute approximate surface area is 107 Å². The van der Waals surface area contributed by atoms with E-state index in [4.69, 9.17) is 0 Å². The molecule has 0 amide bonds. The smallest absolute Gasteiger partial charge is 0.00357 e. The summed E-state index contributed by atoms with van der Waals surface area (Å²) < 4.78 is 0. The first-order valence-electron chi connectivity index (χ1n) is 7.48. The first-order chi connectivity index (χ1) is 7.81. The lowest BCUT2D eigenvalue weighted by molar-refractivity contribution is 0.537. The lowest BCUT2D eigenvalue weighted by Gasteiger charge is -2.06. The molecule has 1 nitrogen and oxygen atoms in total. The SMILES string of the molecule is CC.CC.CC.CC.CCCCC(C)NC. The van der Waals surface area contributed by atoms with Gasteiger partial charge < -0.3 is 5.32 Å². The third-order valence-electron chi connectivity index (χ3n) is 1.48. The lowest BCUT2D eigenvalue weighted by atomic mass is 10.1. The third-order valence-corrected chi connectivity index (χ3v) is 1.48. The molecule has 1 N–H and O–H groups in total. The van der Waals surface area contributed by atoms with Crippen LogP contribution < -0.4 is 5.32 Å². The van der Waals surface area contributed by atoms with E-state index in [-0.39, 0.29) is 0 Å². The highest BCUT2D eigenvalue weighted by Gasteiger charge is 1.93. The molecule has 1 heteroatoms. The molecule has 0 aliphatic heterocycles. The Morgan fingerprint density at radius 2 is 1.12 bits per heavy atom. The highest BCUT2D eigenvalue weighted by molar-refractivity contribution is 4.54. The van der Waals surface area contributed by atoms with Crippen LogP contribution in [0.1, 0.15) is 88.5 Å². The summed E-state index contributed by atoms with van der Waals surface area (Å²) in [6, 6.07) is 0.704. The summed E-state index contributed by atoms with van der Waals surface area (Å²) in [5.74, 6) is 0. The maximum Gasteiger partial charge on any atom is 0.00357 e. The normalized spacial score (nSPS) is 8.44. The lowest BCUT2D eigenvalue weighted by Crippen LogP contribution is -2.20. The van der Waals surface area contributed by atoms with Gasteiger partial charge in [-0.15, -0.1) is 0 Å². The van der Waals surface area contributed by atoms with Gasteiger partial charge in [0.15, 0.2) is 0 Å². The Morgan fingerprint density at radius 1 is 0.812 bits per heavy atom.